The molecule has 0 aromatic carbocycles. The van der Waals surface area contributed by atoms with Crippen LogP contribution in [-0.4, -0.2) is 53.1 Å². The Morgan fingerprint density at radius 1 is 0.587 bits per heavy atom. The van der Waals surface area contributed by atoms with Crippen LogP contribution in [0.2, 0.25) is 0 Å². The molecule has 0 spiro atoms. The van der Waals surface area contributed by atoms with E-state index in [1.54, 1.807) is 6.08 Å². The quantitative estimate of drug-likeness (QED) is 0.0313. The summed E-state index contributed by atoms with van der Waals surface area (Å²) in [6.07, 6.45) is 37.8. The van der Waals surface area contributed by atoms with Crippen LogP contribution in [0.25, 0.3) is 0 Å². The summed E-state index contributed by atoms with van der Waals surface area (Å²) in [5.41, 5.74) is 0. The Balaban J connectivity index is 4.13. The Labute approximate surface area is 283 Å². The summed E-state index contributed by atoms with van der Waals surface area (Å²) in [7, 11) is -4.45. The van der Waals surface area contributed by atoms with Crippen LogP contribution in [0.1, 0.15) is 174 Å². The number of rotatable bonds is 33. The Morgan fingerprint density at radius 2 is 1.00 bits per heavy atom. The van der Waals surface area contributed by atoms with Gasteiger partial charge in [0.25, 0.3) is 10.1 Å². The number of nitrogens with one attached hydrogen (secondary N) is 1. The lowest BCUT2D eigenvalue weighted by atomic mass is 10.0. The van der Waals surface area contributed by atoms with E-state index in [9.17, 15) is 28.0 Å². The molecule has 0 aliphatic carbocycles. The molecule has 0 aromatic heterocycles. The van der Waals surface area contributed by atoms with E-state index in [2.05, 4.69) is 43.5 Å². The summed E-state index contributed by atoms with van der Waals surface area (Å²) < 4.78 is 32.4. The Kier molecular flexibility index (Phi) is 31.1. The second-order valence-electron chi connectivity index (χ2n) is 13.0. The number of unbranched alkanes of at least 4 members (excludes halogenated alkanes) is 20. The van der Waals surface area contributed by atoms with Gasteiger partial charge < -0.3 is 15.5 Å². The molecule has 0 rings (SSSR count). The summed E-state index contributed by atoms with van der Waals surface area (Å²) in [6, 6.07) is -1.25. The van der Waals surface area contributed by atoms with Gasteiger partial charge in [0.15, 0.2) is 0 Å². The molecule has 7 nitrogen and oxygen atoms in total. The number of hydrogen-bond acceptors (Lipinski definition) is 5. The third-order valence-corrected chi connectivity index (χ3v) is 9.18. The number of allylic oxidation sites excluding steroid dienone is 5. The predicted octanol–water partition coefficient (Wildman–Crippen LogP) is 9.54. The molecule has 0 aliphatic rings. The Bertz CT molecular complexity index is 886. The van der Waals surface area contributed by atoms with Gasteiger partial charge in [-0.3, -0.25) is 9.35 Å². The van der Waals surface area contributed by atoms with Crippen LogP contribution in [0.4, 0.5) is 0 Å². The standard InChI is InChI=1S/C38H71NO6S/c1-3-5-7-9-11-13-15-16-17-18-19-20-21-22-23-25-26-28-30-32-36(40)35(34-46(43,44)45)39-38(42)37(41)33-31-29-27-24-14-12-10-8-6-4-2/h10,12,23,25,30,32,35-37,40-41H,3-9,11,13-22,24,26-29,31,33-34H2,1-2H3,(H,39,42)(H,43,44,45)/b12-10-,25-23+,32-30+. The third-order valence-electron chi connectivity index (χ3n) is 8.40. The van der Waals surface area contributed by atoms with Crippen LogP contribution < -0.4 is 5.32 Å². The fourth-order valence-corrected chi connectivity index (χ4v) is 6.19. The molecule has 0 fully saturated rings. The fourth-order valence-electron chi connectivity index (χ4n) is 5.45. The molecule has 0 saturated heterocycles. The molecule has 270 valence electrons. The average molecular weight is 670 g/mol. The van der Waals surface area contributed by atoms with Crippen LogP contribution in [0.5, 0.6) is 0 Å². The van der Waals surface area contributed by atoms with Crippen molar-refractivity contribution in [2.24, 2.45) is 0 Å². The molecule has 3 unspecified atom stereocenters. The van der Waals surface area contributed by atoms with Crippen molar-refractivity contribution >= 4 is 16.0 Å². The number of hydrogen-bond donors (Lipinski definition) is 4. The lowest BCUT2D eigenvalue weighted by Gasteiger charge is -2.22. The lowest BCUT2D eigenvalue weighted by Crippen LogP contribution is -2.50. The van der Waals surface area contributed by atoms with Crippen molar-refractivity contribution in [2.75, 3.05) is 5.75 Å². The Morgan fingerprint density at radius 3 is 1.50 bits per heavy atom. The molecule has 4 N–H and O–H groups in total. The van der Waals surface area contributed by atoms with Crippen molar-refractivity contribution in [3.63, 3.8) is 0 Å². The monoisotopic (exact) mass is 670 g/mol. The first kappa shape index (κ1) is 44.5. The van der Waals surface area contributed by atoms with E-state index in [-0.39, 0.29) is 6.42 Å². The zero-order valence-electron chi connectivity index (χ0n) is 29.6. The van der Waals surface area contributed by atoms with Gasteiger partial charge in [-0.05, 0) is 51.4 Å². The number of aliphatic hydroxyl groups is 2. The second-order valence-corrected chi connectivity index (χ2v) is 14.5. The minimum Gasteiger partial charge on any atom is -0.387 e. The largest absolute Gasteiger partial charge is 0.387 e. The van der Waals surface area contributed by atoms with E-state index < -0.39 is 40.0 Å². The van der Waals surface area contributed by atoms with E-state index >= 15 is 0 Å². The van der Waals surface area contributed by atoms with Crippen LogP contribution in [0, 0.1) is 0 Å². The van der Waals surface area contributed by atoms with E-state index in [1.807, 2.05) is 0 Å². The molecule has 1 amide bonds. The van der Waals surface area contributed by atoms with Gasteiger partial charge in [0.1, 0.15) is 6.10 Å². The third kappa shape index (κ3) is 31.1. The molecule has 0 aliphatic heterocycles. The highest BCUT2D eigenvalue weighted by Crippen LogP contribution is 2.14. The first-order chi connectivity index (χ1) is 22.2. The van der Waals surface area contributed by atoms with Gasteiger partial charge in [0.2, 0.25) is 5.91 Å². The maximum absolute atomic E-state index is 12.5. The number of carbonyl (C=O) groups excluding carboxylic acids is 1. The van der Waals surface area contributed by atoms with Crippen LogP contribution in [0.15, 0.2) is 36.5 Å². The SMILES string of the molecule is CCCC/C=C\CCCCCCC(O)C(=O)NC(CS(=O)(=O)O)C(O)/C=C/CC/C=C/CCCCCCCCCCCCCCC. The molecule has 0 heterocycles. The van der Waals surface area contributed by atoms with Crippen LogP contribution in [0.3, 0.4) is 0 Å². The van der Waals surface area contributed by atoms with Gasteiger partial charge in [-0.15, -0.1) is 0 Å². The molecule has 8 heteroatoms. The van der Waals surface area contributed by atoms with Gasteiger partial charge in [-0.1, -0.05) is 159 Å². The molecule has 0 aromatic rings. The van der Waals surface area contributed by atoms with Crippen molar-refractivity contribution in [1.82, 2.24) is 5.32 Å². The van der Waals surface area contributed by atoms with Crippen molar-refractivity contribution < 1.29 is 28.0 Å². The summed E-state index contributed by atoms with van der Waals surface area (Å²) in [5, 5.41) is 23.2. The highest BCUT2D eigenvalue weighted by Gasteiger charge is 2.27. The maximum Gasteiger partial charge on any atom is 0.267 e. The van der Waals surface area contributed by atoms with Gasteiger partial charge in [-0.25, -0.2) is 0 Å². The van der Waals surface area contributed by atoms with Gasteiger partial charge >= 0.3 is 0 Å². The lowest BCUT2D eigenvalue weighted by molar-refractivity contribution is -0.130. The number of amides is 1. The van der Waals surface area contributed by atoms with E-state index in [0.29, 0.717) is 12.8 Å². The summed E-state index contributed by atoms with van der Waals surface area (Å²) in [4.78, 5) is 12.5. The summed E-state index contributed by atoms with van der Waals surface area (Å²) in [6.45, 7) is 4.44. The second kappa shape index (κ2) is 32.1. The first-order valence-electron chi connectivity index (χ1n) is 18.8. The smallest absolute Gasteiger partial charge is 0.267 e. The highest BCUT2D eigenvalue weighted by molar-refractivity contribution is 7.85. The summed E-state index contributed by atoms with van der Waals surface area (Å²) >= 11 is 0. The van der Waals surface area contributed by atoms with Gasteiger partial charge in [0, 0.05) is 0 Å². The van der Waals surface area contributed by atoms with Crippen molar-refractivity contribution in [3.05, 3.63) is 36.5 Å². The van der Waals surface area contributed by atoms with Crippen molar-refractivity contribution in [2.45, 2.75) is 193 Å². The van der Waals surface area contributed by atoms with Crippen molar-refractivity contribution in [3.8, 4) is 0 Å². The molecule has 0 bridgehead atoms. The van der Waals surface area contributed by atoms with E-state index in [1.165, 1.54) is 102 Å². The van der Waals surface area contributed by atoms with E-state index in [0.717, 1.165) is 44.9 Å². The topological polar surface area (TPSA) is 124 Å². The zero-order valence-corrected chi connectivity index (χ0v) is 30.4. The summed E-state index contributed by atoms with van der Waals surface area (Å²) in [5.74, 6) is -1.57. The molecular weight excluding hydrogens is 598 g/mol. The minimum absolute atomic E-state index is 0.258. The molecule has 0 radical (unpaired) electrons. The average Bonchev–Trinajstić information content (AvgIpc) is 3.01. The maximum atomic E-state index is 12.5. The molecule has 46 heavy (non-hydrogen) atoms. The van der Waals surface area contributed by atoms with E-state index in [4.69, 9.17) is 0 Å². The molecule has 0 saturated carbocycles. The van der Waals surface area contributed by atoms with Crippen LogP contribution >= 0.6 is 0 Å². The minimum atomic E-state index is -4.45. The number of aliphatic hydroxyl groups excluding tert-OH is 2. The van der Waals surface area contributed by atoms with Gasteiger partial charge in [-0.2, -0.15) is 8.42 Å². The van der Waals surface area contributed by atoms with Gasteiger partial charge in [0.05, 0.1) is 17.9 Å². The predicted molar refractivity (Wildman–Crippen MR) is 195 cm³/mol. The zero-order chi connectivity index (χ0) is 34.1. The fraction of sp³-hybridized carbons (Fsp3) is 0.816. The normalized spacial score (nSPS) is 14.5. The van der Waals surface area contributed by atoms with Crippen molar-refractivity contribution in [1.29, 1.82) is 0 Å². The first-order valence-corrected chi connectivity index (χ1v) is 20.4. The number of carbonyl (C=O) groups is 1. The molecular formula is C38H71NO6S. The Hall–Kier alpha value is -1.48. The van der Waals surface area contributed by atoms with Crippen LogP contribution in [-0.2, 0) is 14.9 Å². The highest BCUT2D eigenvalue weighted by atomic mass is 32.2. The molecule has 3 atom stereocenters.